The van der Waals surface area contributed by atoms with E-state index in [0.717, 1.165) is 58.2 Å². The molecule has 2 unspecified atom stereocenters. The lowest BCUT2D eigenvalue weighted by Gasteiger charge is -2.45. The standard InChI is InChI=1S/C62H92O10Si3.C35H46O9.CH4/c1-46(47(2)71-75(61(6,7)8,51-27-20-18-21-28-51)52-29-22-19-23-30-52)33-39-56(72-74(16,17)60(3,4)5)58-55(69-62(9,10)70-58)32-24-31-53-49(26-25-41-66-44-48-34-37-50(65-12)38-35-48)36-40-54(68-45-64-11)57(53)59(63)67-42-43-73(13,14)15;1-23-12-18-29(36)33-31(43-35(3,4)44-33)11-7-10-28-26(9-8-20-40-21-25-13-16-27(39-6)17-14-25)15-19-30(41-22-38-5)32(28)34(37)42-24(23)2;/h18-24,27-31,33-40,46-47,55-56,58H,25-26,32,41-45H2,1-17H3;7,10,12-19,23-24,29,31,33,36H,8-9,11,20-22H2,1-6H3;1H4/b31-24+,39-33-;10-7?,18-12-;/t46-,47+,55+,56?,58+;23-,24+,29?,31+,33-;/m11./s1. The van der Waals surface area contributed by atoms with E-state index in [2.05, 4.69) is 167 Å². The maximum Gasteiger partial charge on any atom is 0.342 e. The predicted molar refractivity (Wildman–Crippen MR) is 488 cm³/mol. The van der Waals surface area contributed by atoms with Crippen molar-refractivity contribution >= 4 is 59.2 Å². The summed E-state index contributed by atoms with van der Waals surface area (Å²) >= 11 is 0. The minimum atomic E-state index is -2.82. The van der Waals surface area contributed by atoms with E-state index in [-0.39, 0.29) is 61.2 Å². The summed E-state index contributed by atoms with van der Waals surface area (Å²) in [7, 11) is -0.288. The molecule has 660 valence electrons. The molecule has 0 aromatic heterocycles. The van der Waals surface area contributed by atoms with Gasteiger partial charge in [-0.2, -0.15) is 0 Å². The molecule has 9 rings (SSSR count). The van der Waals surface area contributed by atoms with Crippen LogP contribution in [0.25, 0.3) is 12.2 Å². The molecular weight excluding hydrogens is 1570 g/mol. The van der Waals surface area contributed by atoms with Crippen molar-refractivity contribution in [1.82, 2.24) is 0 Å². The highest BCUT2D eigenvalue weighted by Crippen LogP contribution is 2.44. The lowest BCUT2D eigenvalue weighted by molar-refractivity contribution is -0.152. The molecule has 6 aromatic rings. The third-order valence-electron chi connectivity index (χ3n) is 22.5. The van der Waals surface area contributed by atoms with Gasteiger partial charge in [0.2, 0.25) is 0 Å². The van der Waals surface area contributed by atoms with E-state index < -0.39 is 78.7 Å². The summed E-state index contributed by atoms with van der Waals surface area (Å²) in [4.78, 5) is 28.1. The Kier molecular flexibility index (Phi) is 38.1. The van der Waals surface area contributed by atoms with Gasteiger partial charge >= 0.3 is 11.9 Å². The van der Waals surface area contributed by atoms with E-state index >= 15 is 0 Å². The first-order chi connectivity index (χ1) is 56.3. The molecule has 10 atom stereocenters. The molecular formula is C98H142O19Si3. The minimum absolute atomic E-state index is 0. The molecule has 0 saturated carbocycles. The number of aliphatic hydroxyl groups is 1. The van der Waals surface area contributed by atoms with Crippen LogP contribution in [-0.2, 0) is 82.3 Å². The van der Waals surface area contributed by atoms with Crippen LogP contribution < -0.4 is 29.3 Å². The van der Waals surface area contributed by atoms with Gasteiger partial charge < -0.3 is 80.3 Å². The number of fused-ring (bicyclic) bond motifs is 2. The van der Waals surface area contributed by atoms with Gasteiger partial charge in [-0.1, -0.05) is 228 Å². The third kappa shape index (κ3) is 28.6. The molecule has 2 saturated heterocycles. The molecule has 19 nitrogen and oxygen atoms in total. The fourth-order valence-corrected chi connectivity index (χ4v) is 21.3. The minimum Gasteiger partial charge on any atom is -0.497 e. The number of rotatable bonds is 37. The Labute approximate surface area is 721 Å². The summed E-state index contributed by atoms with van der Waals surface area (Å²) in [6, 6.07) is 45.8. The summed E-state index contributed by atoms with van der Waals surface area (Å²) in [6.45, 7) is 43.3. The van der Waals surface area contributed by atoms with E-state index in [4.69, 9.17) is 75.2 Å². The molecule has 1 N–H and O–H groups in total. The molecule has 0 radical (unpaired) electrons. The number of aryl methyl sites for hydroxylation is 2. The molecule has 0 spiro atoms. The van der Waals surface area contributed by atoms with Crippen molar-refractivity contribution in [3.63, 3.8) is 0 Å². The zero-order valence-electron chi connectivity index (χ0n) is 75.3. The molecule has 0 aliphatic carbocycles. The van der Waals surface area contributed by atoms with E-state index in [1.807, 2.05) is 133 Å². The molecule has 0 amide bonds. The maximum atomic E-state index is 14.3. The molecule has 22 heteroatoms. The van der Waals surface area contributed by atoms with Crippen molar-refractivity contribution in [1.29, 1.82) is 0 Å². The third-order valence-corrected chi connectivity index (χ3v) is 33.8. The Morgan fingerprint density at radius 3 is 1.72 bits per heavy atom. The number of cyclic esters (lactones) is 1. The Morgan fingerprint density at radius 2 is 1.18 bits per heavy atom. The number of benzene rings is 6. The van der Waals surface area contributed by atoms with Crippen LogP contribution >= 0.6 is 0 Å². The zero-order chi connectivity index (χ0) is 86.9. The number of methoxy groups -OCH3 is 4. The monoisotopic (exact) mass is 1710 g/mol. The fourth-order valence-electron chi connectivity index (χ4n) is 14.5. The van der Waals surface area contributed by atoms with Gasteiger partial charge in [0.25, 0.3) is 8.32 Å². The Hall–Kier alpha value is -7.37. The van der Waals surface area contributed by atoms with Crippen LogP contribution in [0.3, 0.4) is 0 Å². The molecule has 3 heterocycles. The second kappa shape index (κ2) is 45.8. The van der Waals surface area contributed by atoms with Crippen molar-refractivity contribution in [2.45, 2.75) is 265 Å². The Balaban J connectivity index is 0.000000374. The number of hydrogen-bond donors (Lipinski definition) is 1. The Morgan fingerprint density at radius 1 is 0.633 bits per heavy atom. The highest BCUT2D eigenvalue weighted by Gasteiger charge is 2.52. The van der Waals surface area contributed by atoms with Gasteiger partial charge in [0.15, 0.2) is 33.5 Å². The van der Waals surface area contributed by atoms with Crippen molar-refractivity contribution in [2.75, 3.05) is 61.8 Å². The molecule has 2 fully saturated rings. The predicted octanol–water partition coefficient (Wildman–Crippen LogP) is 20.3. The fraction of sp³-hybridized carbons (Fsp3) is 0.531. The van der Waals surface area contributed by atoms with Gasteiger partial charge in [0.05, 0.1) is 52.4 Å². The Bertz CT molecular complexity index is 4200. The summed E-state index contributed by atoms with van der Waals surface area (Å²) in [6.07, 6.45) is 16.1. The first-order valence-electron chi connectivity index (χ1n) is 42.2. The summed E-state index contributed by atoms with van der Waals surface area (Å²) in [5.41, 5.74) is 6.24. The van der Waals surface area contributed by atoms with Gasteiger partial charge in [-0.3, -0.25) is 0 Å². The smallest absolute Gasteiger partial charge is 0.342 e. The summed E-state index contributed by atoms with van der Waals surface area (Å²) in [5.74, 6) is -0.369. The lowest BCUT2D eigenvalue weighted by Crippen LogP contribution is -2.67. The summed E-state index contributed by atoms with van der Waals surface area (Å²) in [5, 5.41) is 13.2. The average Bonchev–Trinajstić information content (AvgIpc) is 1.07. The second-order valence-corrected chi connectivity index (χ2v) is 50.7. The maximum absolute atomic E-state index is 14.3. The molecule has 0 bridgehead atoms. The number of hydrogen-bond acceptors (Lipinski definition) is 19. The largest absolute Gasteiger partial charge is 0.497 e. The van der Waals surface area contributed by atoms with Gasteiger partial charge in [0.1, 0.15) is 58.5 Å². The van der Waals surface area contributed by atoms with Gasteiger partial charge in [-0.05, 0) is 195 Å². The molecule has 120 heavy (non-hydrogen) atoms. The first kappa shape index (κ1) is 99.7. The van der Waals surface area contributed by atoms with Crippen LogP contribution in [0.4, 0.5) is 0 Å². The lowest BCUT2D eigenvalue weighted by atomic mass is 9.94. The summed E-state index contributed by atoms with van der Waals surface area (Å²) < 4.78 is 98.0. The normalized spacial score (nSPS) is 20.6. The van der Waals surface area contributed by atoms with Gasteiger partial charge in [-0.15, -0.1) is 0 Å². The zero-order valence-corrected chi connectivity index (χ0v) is 78.3. The van der Waals surface area contributed by atoms with Crippen molar-refractivity contribution < 1.29 is 89.9 Å². The number of aliphatic hydroxyl groups excluding tert-OH is 1. The molecule has 3 aliphatic heterocycles. The van der Waals surface area contributed by atoms with Crippen LogP contribution in [0.2, 0.25) is 48.9 Å². The molecule has 3 aliphatic rings. The number of esters is 2. The SMILES string of the molecule is C.COCOc1ccc(CCCOCc2ccc(OC)cc2)c(/C=C/C[C@@H]2OC(C)(C)O[C@@H]2C(/C=C\[C@@H](C)[C@H](C)O[Si](c2ccccc2)(c2ccccc2)C(C)(C)C)O[Si](C)(C)C(C)(C)C)c1C(=O)OCC[Si](C)(C)C.COCOc1ccc(CCCOCc2ccc(OC)cc2)c2c1C(=O)O[C@@H](C)[C@H](C)/C=C\C(O)[C@H]1OC(C)(C)O[C@H]1CC=C2. The van der Waals surface area contributed by atoms with Crippen LogP contribution in [0, 0.1) is 11.8 Å². The van der Waals surface area contributed by atoms with Gasteiger partial charge in [-0.25, -0.2) is 9.59 Å². The van der Waals surface area contributed by atoms with E-state index in [1.165, 1.54) is 17.5 Å². The van der Waals surface area contributed by atoms with Crippen molar-refractivity contribution in [2.24, 2.45) is 11.8 Å². The van der Waals surface area contributed by atoms with E-state index in [9.17, 15) is 14.7 Å². The number of carbonyl (C=O) groups is 2. The van der Waals surface area contributed by atoms with E-state index in [1.54, 1.807) is 33.5 Å². The highest BCUT2D eigenvalue weighted by atomic mass is 28.4. The molecule has 6 aromatic carbocycles. The quantitative estimate of drug-likeness (QED) is 0.0127. The average molecular weight is 1710 g/mol. The van der Waals surface area contributed by atoms with Gasteiger partial charge in [0, 0.05) is 47.5 Å². The van der Waals surface area contributed by atoms with Crippen LogP contribution in [0.1, 0.15) is 184 Å². The first-order valence-corrected chi connectivity index (χ1v) is 50.8. The van der Waals surface area contributed by atoms with E-state index in [0.29, 0.717) is 86.9 Å². The van der Waals surface area contributed by atoms with Crippen molar-refractivity contribution in [3.05, 3.63) is 214 Å². The topological polar surface area (TPSA) is 202 Å². The van der Waals surface area contributed by atoms with Crippen LogP contribution in [0.15, 0.2) is 170 Å². The van der Waals surface area contributed by atoms with Crippen LogP contribution in [-0.4, -0.2) is 164 Å². The highest BCUT2D eigenvalue weighted by molar-refractivity contribution is 6.99. The number of carbonyl (C=O) groups excluding carboxylic acids is 2. The second-order valence-electron chi connectivity index (χ2n) is 36.1. The van der Waals surface area contributed by atoms with Crippen LogP contribution in [0.5, 0.6) is 23.0 Å². The number of ether oxygens (including phenoxy) is 14. The van der Waals surface area contributed by atoms with Crippen molar-refractivity contribution in [3.8, 4) is 23.0 Å².